The zero-order valence-corrected chi connectivity index (χ0v) is 9.07. The van der Waals surface area contributed by atoms with Crippen molar-refractivity contribution in [3.8, 4) is 0 Å². The first-order valence-electron chi connectivity index (χ1n) is 4.17. The Labute approximate surface area is 89.3 Å². The van der Waals surface area contributed by atoms with E-state index in [4.69, 9.17) is 4.55 Å². The summed E-state index contributed by atoms with van der Waals surface area (Å²) >= 11 is 0. The molecular formula is C9H11ClO3S. The number of benzene rings is 1. The maximum absolute atomic E-state index is 10.8. The number of halogens is 1. The molecule has 1 aliphatic rings. The second kappa shape index (κ2) is 3.88. The molecule has 0 fully saturated rings. The van der Waals surface area contributed by atoms with E-state index < -0.39 is 10.1 Å². The fourth-order valence-corrected chi connectivity index (χ4v) is 2.24. The summed E-state index contributed by atoms with van der Waals surface area (Å²) in [4.78, 5) is 0.00755. The van der Waals surface area contributed by atoms with Crippen LogP contribution in [-0.2, 0) is 23.0 Å². The smallest absolute Gasteiger partial charge is 0.282 e. The zero-order chi connectivity index (χ0) is 9.47. The molecule has 1 aromatic rings. The lowest BCUT2D eigenvalue weighted by molar-refractivity contribution is 0.483. The van der Waals surface area contributed by atoms with Crippen LogP contribution in [0.3, 0.4) is 0 Å². The Hall–Kier alpha value is -0.580. The lowest BCUT2D eigenvalue weighted by atomic mass is 10.1. The predicted octanol–water partition coefficient (Wildman–Crippen LogP) is 1.84. The van der Waals surface area contributed by atoms with Crippen LogP contribution in [0, 0.1) is 0 Å². The minimum absolute atomic E-state index is 0. The highest BCUT2D eigenvalue weighted by molar-refractivity contribution is 7.85. The number of rotatable bonds is 1. The standard InChI is InChI=1S/C9H10O3S.ClH/c10-13(11,12)9-5-4-7-2-1-3-8(7)6-9;/h4-6H,1-3H2,(H,10,11,12);1H. The normalized spacial score (nSPS) is 14.6. The monoisotopic (exact) mass is 234 g/mol. The van der Waals surface area contributed by atoms with Gasteiger partial charge in [0.1, 0.15) is 0 Å². The van der Waals surface area contributed by atoms with Gasteiger partial charge in [-0.2, -0.15) is 8.42 Å². The predicted molar refractivity (Wildman–Crippen MR) is 55.5 cm³/mol. The van der Waals surface area contributed by atoms with Gasteiger partial charge in [-0.25, -0.2) is 0 Å². The van der Waals surface area contributed by atoms with E-state index in [0.717, 1.165) is 24.8 Å². The molecule has 0 saturated heterocycles. The molecule has 5 heteroatoms. The molecule has 78 valence electrons. The van der Waals surface area contributed by atoms with E-state index in [-0.39, 0.29) is 17.3 Å². The van der Waals surface area contributed by atoms with Gasteiger partial charge < -0.3 is 0 Å². The third-order valence-corrected chi connectivity index (χ3v) is 3.22. The van der Waals surface area contributed by atoms with Crippen molar-refractivity contribution in [3.05, 3.63) is 29.3 Å². The van der Waals surface area contributed by atoms with Gasteiger partial charge in [-0.3, -0.25) is 4.55 Å². The molecule has 3 nitrogen and oxygen atoms in total. The van der Waals surface area contributed by atoms with Gasteiger partial charge in [-0.1, -0.05) is 6.07 Å². The van der Waals surface area contributed by atoms with Gasteiger partial charge in [-0.05, 0) is 42.5 Å². The fourth-order valence-electron chi connectivity index (χ4n) is 1.71. The van der Waals surface area contributed by atoms with Gasteiger partial charge in [0, 0.05) is 0 Å². The Morgan fingerprint density at radius 3 is 2.43 bits per heavy atom. The van der Waals surface area contributed by atoms with E-state index in [9.17, 15) is 8.42 Å². The highest BCUT2D eigenvalue weighted by atomic mass is 35.5. The SMILES string of the molecule is Cl.O=S(=O)(O)c1ccc2c(c1)CCC2. The molecule has 1 aromatic carbocycles. The summed E-state index contributed by atoms with van der Waals surface area (Å²) in [6.45, 7) is 0. The van der Waals surface area contributed by atoms with E-state index >= 15 is 0 Å². The van der Waals surface area contributed by atoms with Gasteiger partial charge in [-0.15, -0.1) is 12.4 Å². The van der Waals surface area contributed by atoms with Crippen molar-refractivity contribution in [2.45, 2.75) is 24.2 Å². The number of hydrogen-bond acceptors (Lipinski definition) is 2. The molecule has 0 aliphatic heterocycles. The van der Waals surface area contributed by atoms with Gasteiger partial charge in [0.25, 0.3) is 10.1 Å². The number of hydrogen-bond donors (Lipinski definition) is 1. The van der Waals surface area contributed by atoms with E-state index in [1.54, 1.807) is 12.1 Å². The molecule has 0 radical (unpaired) electrons. The van der Waals surface area contributed by atoms with Crippen LogP contribution in [-0.4, -0.2) is 13.0 Å². The van der Waals surface area contributed by atoms with Crippen molar-refractivity contribution >= 4 is 22.5 Å². The maximum atomic E-state index is 10.8. The Kier molecular flexibility index (Phi) is 3.19. The summed E-state index contributed by atoms with van der Waals surface area (Å²) in [6, 6.07) is 4.81. The van der Waals surface area contributed by atoms with Crippen molar-refractivity contribution < 1.29 is 13.0 Å². The van der Waals surface area contributed by atoms with Crippen LogP contribution < -0.4 is 0 Å². The van der Waals surface area contributed by atoms with Crippen LogP contribution in [0.15, 0.2) is 23.1 Å². The van der Waals surface area contributed by atoms with Crippen LogP contribution in [0.4, 0.5) is 0 Å². The lowest BCUT2D eigenvalue weighted by Gasteiger charge is -2.01. The molecule has 0 aromatic heterocycles. The number of fused-ring (bicyclic) bond motifs is 1. The zero-order valence-electron chi connectivity index (χ0n) is 7.43. The highest BCUT2D eigenvalue weighted by Crippen LogP contribution is 2.24. The Morgan fingerprint density at radius 2 is 1.79 bits per heavy atom. The Morgan fingerprint density at radius 1 is 1.14 bits per heavy atom. The molecule has 0 atom stereocenters. The second-order valence-corrected chi connectivity index (χ2v) is 4.68. The molecule has 0 unspecified atom stereocenters. The second-order valence-electron chi connectivity index (χ2n) is 3.26. The van der Waals surface area contributed by atoms with Crippen molar-refractivity contribution in [2.75, 3.05) is 0 Å². The molecule has 1 aliphatic carbocycles. The van der Waals surface area contributed by atoms with Crippen LogP contribution in [0.2, 0.25) is 0 Å². The van der Waals surface area contributed by atoms with Gasteiger partial charge in [0.2, 0.25) is 0 Å². The van der Waals surface area contributed by atoms with Gasteiger partial charge >= 0.3 is 0 Å². The average molecular weight is 235 g/mol. The summed E-state index contributed by atoms with van der Waals surface area (Å²) in [5, 5.41) is 0. The summed E-state index contributed by atoms with van der Waals surface area (Å²) < 4.78 is 30.4. The minimum Gasteiger partial charge on any atom is -0.282 e. The Balaban J connectivity index is 0.000000980. The Bertz CT molecular complexity index is 439. The highest BCUT2D eigenvalue weighted by Gasteiger charge is 2.15. The van der Waals surface area contributed by atoms with Crippen molar-refractivity contribution in [2.24, 2.45) is 0 Å². The van der Waals surface area contributed by atoms with Crippen LogP contribution in [0.5, 0.6) is 0 Å². The van der Waals surface area contributed by atoms with Gasteiger partial charge in [0.15, 0.2) is 0 Å². The summed E-state index contributed by atoms with van der Waals surface area (Å²) in [7, 11) is -4.02. The largest absolute Gasteiger partial charge is 0.294 e. The summed E-state index contributed by atoms with van der Waals surface area (Å²) in [6.07, 6.45) is 3.00. The third kappa shape index (κ3) is 2.08. The van der Waals surface area contributed by atoms with E-state index in [0.29, 0.717) is 0 Å². The van der Waals surface area contributed by atoms with E-state index in [2.05, 4.69) is 0 Å². The molecule has 0 heterocycles. The quantitative estimate of drug-likeness (QED) is 0.755. The lowest BCUT2D eigenvalue weighted by Crippen LogP contribution is -1.98. The van der Waals surface area contributed by atoms with Crippen LogP contribution >= 0.6 is 12.4 Å². The molecule has 14 heavy (non-hydrogen) atoms. The molecule has 0 amide bonds. The fraction of sp³-hybridized carbons (Fsp3) is 0.333. The van der Waals surface area contributed by atoms with Crippen molar-refractivity contribution in [1.82, 2.24) is 0 Å². The first kappa shape index (κ1) is 11.5. The van der Waals surface area contributed by atoms with Crippen LogP contribution in [0.25, 0.3) is 0 Å². The average Bonchev–Trinajstić information content (AvgIpc) is 2.47. The first-order chi connectivity index (χ1) is 6.07. The maximum Gasteiger partial charge on any atom is 0.294 e. The topological polar surface area (TPSA) is 54.4 Å². The van der Waals surface area contributed by atoms with Crippen molar-refractivity contribution in [1.29, 1.82) is 0 Å². The molecule has 0 spiro atoms. The number of aryl methyl sites for hydroxylation is 2. The molecule has 1 N–H and O–H groups in total. The molecule has 0 saturated carbocycles. The van der Waals surface area contributed by atoms with Crippen molar-refractivity contribution in [3.63, 3.8) is 0 Å². The summed E-state index contributed by atoms with van der Waals surface area (Å²) in [5.41, 5.74) is 2.25. The third-order valence-electron chi connectivity index (χ3n) is 2.37. The molecule has 2 rings (SSSR count). The van der Waals surface area contributed by atoms with Gasteiger partial charge in [0.05, 0.1) is 4.90 Å². The minimum atomic E-state index is -4.02. The summed E-state index contributed by atoms with van der Waals surface area (Å²) in [5.74, 6) is 0. The van der Waals surface area contributed by atoms with E-state index in [1.807, 2.05) is 0 Å². The van der Waals surface area contributed by atoms with Crippen LogP contribution in [0.1, 0.15) is 17.5 Å². The molecular weight excluding hydrogens is 224 g/mol. The molecule has 0 bridgehead atoms. The van der Waals surface area contributed by atoms with E-state index in [1.165, 1.54) is 11.6 Å². The first-order valence-corrected chi connectivity index (χ1v) is 5.61.